The van der Waals surface area contributed by atoms with Gasteiger partial charge in [0.05, 0.1) is 19.2 Å². The van der Waals surface area contributed by atoms with Crippen LogP contribution in [0.1, 0.15) is 40.8 Å². The second-order valence-corrected chi connectivity index (χ2v) is 6.60. The van der Waals surface area contributed by atoms with Gasteiger partial charge < -0.3 is 10.1 Å². The predicted molar refractivity (Wildman–Crippen MR) is 98.1 cm³/mol. The number of hydrogen-bond donors (Lipinski definition) is 1. The molecule has 0 amide bonds. The highest BCUT2D eigenvalue weighted by molar-refractivity contribution is 5.41. The van der Waals surface area contributed by atoms with Crippen LogP contribution in [0.15, 0.2) is 48.8 Å². The van der Waals surface area contributed by atoms with Crippen molar-refractivity contribution in [1.29, 1.82) is 0 Å². The van der Waals surface area contributed by atoms with Gasteiger partial charge in [0.1, 0.15) is 12.1 Å². The Bertz CT molecular complexity index is 902. The Labute approximate surface area is 147 Å². The van der Waals surface area contributed by atoms with E-state index in [9.17, 15) is 0 Å². The highest BCUT2D eigenvalue weighted by Crippen LogP contribution is 2.38. The molecule has 0 unspecified atom stereocenters. The average Bonchev–Trinajstić information content (AvgIpc) is 3.12. The van der Waals surface area contributed by atoms with Gasteiger partial charge in [0.15, 0.2) is 0 Å². The molecule has 1 aromatic heterocycles. The molecule has 1 aliphatic heterocycles. The van der Waals surface area contributed by atoms with Crippen LogP contribution >= 0.6 is 0 Å². The molecule has 0 saturated heterocycles. The van der Waals surface area contributed by atoms with E-state index in [4.69, 9.17) is 4.74 Å². The number of nitrogens with one attached hydrogen (secondary N) is 1. The van der Waals surface area contributed by atoms with Crippen molar-refractivity contribution in [3.8, 4) is 5.75 Å². The molecule has 4 rings (SSSR count). The van der Waals surface area contributed by atoms with Crippen LogP contribution in [0, 0.1) is 13.8 Å². The smallest absolute Gasteiger partial charge is 0.222 e. The maximum Gasteiger partial charge on any atom is 0.222 e. The zero-order valence-corrected chi connectivity index (χ0v) is 14.7. The van der Waals surface area contributed by atoms with Crippen LogP contribution < -0.4 is 10.1 Å². The first-order chi connectivity index (χ1) is 12.2. The molecule has 0 radical (unpaired) electrons. The van der Waals surface area contributed by atoms with Crippen molar-refractivity contribution in [2.24, 2.45) is 0 Å². The molecule has 0 aliphatic carbocycles. The van der Waals surface area contributed by atoms with E-state index in [1.54, 1.807) is 13.4 Å². The summed E-state index contributed by atoms with van der Waals surface area (Å²) >= 11 is 0. The van der Waals surface area contributed by atoms with Crippen molar-refractivity contribution in [1.82, 2.24) is 14.8 Å². The number of aryl methyl sites for hydroxylation is 2. The van der Waals surface area contributed by atoms with Crippen molar-refractivity contribution in [2.45, 2.75) is 32.4 Å². The summed E-state index contributed by atoms with van der Waals surface area (Å²) < 4.78 is 7.37. The third-order valence-electron chi connectivity index (χ3n) is 5.04. The van der Waals surface area contributed by atoms with Crippen molar-refractivity contribution in [3.63, 3.8) is 0 Å². The number of methoxy groups -OCH3 is 1. The third kappa shape index (κ3) is 2.86. The van der Waals surface area contributed by atoms with E-state index in [0.717, 1.165) is 18.1 Å². The largest absolute Gasteiger partial charge is 0.497 e. The van der Waals surface area contributed by atoms with Crippen LogP contribution in [-0.2, 0) is 0 Å². The lowest BCUT2D eigenvalue weighted by Crippen LogP contribution is -2.28. The van der Waals surface area contributed by atoms with Crippen LogP contribution in [0.3, 0.4) is 0 Å². The maximum atomic E-state index is 5.38. The average molecular weight is 334 g/mol. The number of nitrogens with zero attached hydrogens (tertiary/aromatic N) is 3. The number of rotatable bonds is 3. The fraction of sp³-hybridized carbons (Fsp3) is 0.300. The first kappa shape index (κ1) is 15.7. The van der Waals surface area contributed by atoms with Gasteiger partial charge in [0, 0.05) is 0 Å². The first-order valence-corrected chi connectivity index (χ1v) is 8.53. The number of benzene rings is 2. The van der Waals surface area contributed by atoms with Gasteiger partial charge in [-0.2, -0.15) is 10.1 Å². The molecule has 0 bridgehead atoms. The lowest BCUT2D eigenvalue weighted by molar-refractivity contribution is 0.410. The Balaban J connectivity index is 1.73. The molecule has 3 aromatic rings. The van der Waals surface area contributed by atoms with E-state index in [0.29, 0.717) is 0 Å². The number of anilines is 1. The van der Waals surface area contributed by atoms with Crippen molar-refractivity contribution < 1.29 is 4.74 Å². The molecule has 25 heavy (non-hydrogen) atoms. The zero-order valence-electron chi connectivity index (χ0n) is 14.7. The lowest BCUT2D eigenvalue weighted by atomic mass is 9.92. The molecule has 0 spiro atoms. The zero-order chi connectivity index (χ0) is 17.4. The number of hydrogen-bond acceptors (Lipinski definition) is 4. The van der Waals surface area contributed by atoms with Gasteiger partial charge in [0.25, 0.3) is 0 Å². The SMILES string of the molecule is COc1cccc([C@@H]2C[C@H](c3ccc(C)c(C)c3)n3ncnc3N2)c1. The van der Waals surface area contributed by atoms with Gasteiger partial charge in [-0.3, -0.25) is 0 Å². The Morgan fingerprint density at radius 1 is 1.08 bits per heavy atom. The fourth-order valence-corrected chi connectivity index (χ4v) is 3.45. The monoisotopic (exact) mass is 334 g/mol. The minimum absolute atomic E-state index is 0.161. The summed E-state index contributed by atoms with van der Waals surface area (Å²) in [5.74, 6) is 1.68. The maximum absolute atomic E-state index is 5.38. The minimum atomic E-state index is 0.161. The number of aromatic nitrogens is 3. The highest BCUT2D eigenvalue weighted by Gasteiger charge is 2.30. The standard InChI is InChI=1S/C20H22N4O/c1-13-7-8-16(9-14(13)2)19-11-18(23-20-21-12-22-24(19)20)15-5-4-6-17(10-15)25-3/h4-10,12,18-19H,11H2,1-3H3,(H,21,22,23)/t18-,19+/m0/s1. The Morgan fingerprint density at radius 2 is 1.96 bits per heavy atom. The molecule has 2 atom stereocenters. The number of ether oxygens (including phenoxy) is 1. The van der Waals surface area contributed by atoms with E-state index in [1.165, 1.54) is 22.3 Å². The van der Waals surface area contributed by atoms with Crippen molar-refractivity contribution in [3.05, 3.63) is 71.0 Å². The van der Waals surface area contributed by atoms with Gasteiger partial charge in [-0.05, 0) is 54.7 Å². The van der Waals surface area contributed by atoms with Crippen LogP contribution in [0.5, 0.6) is 5.75 Å². The summed E-state index contributed by atoms with van der Waals surface area (Å²) in [7, 11) is 1.70. The molecule has 2 heterocycles. The molecule has 0 fully saturated rings. The summed E-state index contributed by atoms with van der Waals surface area (Å²) in [6, 6.07) is 15.2. The molecular weight excluding hydrogens is 312 g/mol. The van der Waals surface area contributed by atoms with Gasteiger partial charge in [-0.15, -0.1) is 0 Å². The third-order valence-corrected chi connectivity index (χ3v) is 5.04. The molecule has 5 nitrogen and oxygen atoms in total. The molecule has 2 aromatic carbocycles. The summed E-state index contributed by atoms with van der Waals surface area (Å²) in [6.07, 6.45) is 2.52. The summed E-state index contributed by atoms with van der Waals surface area (Å²) in [6.45, 7) is 4.29. The van der Waals surface area contributed by atoms with E-state index in [2.05, 4.69) is 59.6 Å². The van der Waals surface area contributed by atoms with Gasteiger partial charge >= 0.3 is 0 Å². The van der Waals surface area contributed by atoms with Crippen LogP contribution in [0.2, 0.25) is 0 Å². The summed E-state index contributed by atoms with van der Waals surface area (Å²) in [5.41, 5.74) is 5.07. The Morgan fingerprint density at radius 3 is 2.76 bits per heavy atom. The Hall–Kier alpha value is -2.82. The molecule has 5 heteroatoms. The van der Waals surface area contributed by atoms with E-state index in [-0.39, 0.29) is 12.1 Å². The molecular formula is C20H22N4O. The lowest BCUT2D eigenvalue weighted by Gasteiger charge is -2.32. The molecule has 128 valence electrons. The normalized spacial score (nSPS) is 19.2. The van der Waals surface area contributed by atoms with Gasteiger partial charge in [-0.1, -0.05) is 30.3 Å². The first-order valence-electron chi connectivity index (χ1n) is 8.53. The van der Waals surface area contributed by atoms with E-state index >= 15 is 0 Å². The van der Waals surface area contributed by atoms with E-state index in [1.807, 2.05) is 16.8 Å². The van der Waals surface area contributed by atoms with Gasteiger partial charge in [-0.25, -0.2) is 4.68 Å². The second-order valence-electron chi connectivity index (χ2n) is 6.60. The highest BCUT2D eigenvalue weighted by atomic mass is 16.5. The second kappa shape index (κ2) is 6.24. The van der Waals surface area contributed by atoms with Crippen molar-refractivity contribution >= 4 is 5.95 Å². The van der Waals surface area contributed by atoms with Crippen LogP contribution in [0.25, 0.3) is 0 Å². The summed E-state index contributed by atoms with van der Waals surface area (Å²) in [5, 5.41) is 7.95. The molecule has 0 saturated carbocycles. The van der Waals surface area contributed by atoms with Gasteiger partial charge in [0.2, 0.25) is 5.95 Å². The fourth-order valence-electron chi connectivity index (χ4n) is 3.45. The summed E-state index contributed by atoms with van der Waals surface area (Å²) in [4.78, 5) is 4.40. The molecule has 1 aliphatic rings. The van der Waals surface area contributed by atoms with Crippen molar-refractivity contribution in [2.75, 3.05) is 12.4 Å². The van der Waals surface area contributed by atoms with Crippen LogP contribution in [0.4, 0.5) is 5.95 Å². The molecule has 1 N–H and O–H groups in total. The quantitative estimate of drug-likeness (QED) is 0.785. The predicted octanol–water partition coefficient (Wildman–Crippen LogP) is 4.05. The van der Waals surface area contributed by atoms with Crippen LogP contribution in [-0.4, -0.2) is 21.9 Å². The topological polar surface area (TPSA) is 52.0 Å². The Kier molecular flexibility index (Phi) is 3.92. The van der Waals surface area contributed by atoms with E-state index < -0.39 is 0 Å². The minimum Gasteiger partial charge on any atom is -0.497 e. The number of fused-ring (bicyclic) bond motifs is 1.